The maximum absolute atomic E-state index is 11.3. The smallest absolute Gasteiger partial charge is 0.156 e. The maximum Gasteiger partial charge on any atom is 0.156 e. The monoisotopic (exact) mass is 271 g/mol. The first-order valence-corrected chi connectivity index (χ1v) is 6.97. The van der Waals surface area contributed by atoms with Crippen molar-refractivity contribution >= 4 is 12.1 Å². The number of aryl methyl sites for hydroxylation is 3. The number of aldehydes is 1. The number of carbonyl (C=O) groups is 1. The van der Waals surface area contributed by atoms with E-state index >= 15 is 0 Å². The first-order valence-electron chi connectivity index (χ1n) is 6.97. The zero-order valence-electron chi connectivity index (χ0n) is 12.3. The number of nitrogen functional groups attached to an aromatic ring is 1. The van der Waals surface area contributed by atoms with Crippen LogP contribution in [0.5, 0.6) is 0 Å². The lowest BCUT2D eigenvalue weighted by atomic mass is 10.0. The number of nitrogens with two attached hydrogens (primary N) is 1. The Bertz CT molecular complexity index is 629. The minimum Gasteiger partial charge on any atom is -0.383 e. The summed E-state index contributed by atoms with van der Waals surface area (Å²) < 4.78 is 1.73. The molecule has 0 spiro atoms. The highest BCUT2D eigenvalue weighted by Gasteiger charge is 2.16. The van der Waals surface area contributed by atoms with Crippen LogP contribution < -0.4 is 5.73 Å². The molecule has 2 rings (SSSR count). The van der Waals surface area contributed by atoms with Crippen LogP contribution in [0, 0.1) is 13.8 Å². The molecule has 106 valence electrons. The van der Waals surface area contributed by atoms with E-state index in [2.05, 4.69) is 25.9 Å². The lowest BCUT2D eigenvalue weighted by Gasteiger charge is -2.03. The van der Waals surface area contributed by atoms with E-state index in [4.69, 9.17) is 5.73 Å². The third kappa shape index (κ3) is 2.59. The van der Waals surface area contributed by atoms with Crippen LogP contribution in [-0.2, 0) is 6.54 Å². The average molecular weight is 271 g/mol. The Morgan fingerprint density at radius 3 is 2.65 bits per heavy atom. The zero-order chi connectivity index (χ0) is 14.7. The SMILES string of the molecule is CCCCn1nc(-c2ccc(C)c(C)c2)c(C=O)c1N. The van der Waals surface area contributed by atoms with Crippen molar-refractivity contribution in [3.63, 3.8) is 0 Å². The van der Waals surface area contributed by atoms with Crippen LogP contribution in [0.4, 0.5) is 5.82 Å². The highest BCUT2D eigenvalue weighted by Crippen LogP contribution is 2.27. The lowest BCUT2D eigenvalue weighted by Crippen LogP contribution is -2.05. The third-order valence-electron chi connectivity index (χ3n) is 3.65. The minimum atomic E-state index is 0.460. The molecule has 1 aromatic heterocycles. The van der Waals surface area contributed by atoms with E-state index in [0.29, 0.717) is 17.1 Å². The first-order chi connectivity index (χ1) is 9.58. The second kappa shape index (κ2) is 5.90. The van der Waals surface area contributed by atoms with Gasteiger partial charge in [0.05, 0.1) is 5.56 Å². The van der Waals surface area contributed by atoms with Crippen LogP contribution >= 0.6 is 0 Å². The van der Waals surface area contributed by atoms with Gasteiger partial charge in [-0.3, -0.25) is 4.79 Å². The molecule has 0 aliphatic rings. The van der Waals surface area contributed by atoms with Crippen molar-refractivity contribution in [1.82, 2.24) is 9.78 Å². The van der Waals surface area contributed by atoms with Gasteiger partial charge in [0.2, 0.25) is 0 Å². The van der Waals surface area contributed by atoms with Crippen molar-refractivity contribution in [2.75, 3.05) is 5.73 Å². The fourth-order valence-corrected chi connectivity index (χ4v) is 2.19. The highest BCUT2D eigenvalue weighted by molar-refractivity contribution is 5.91. The van der Waals surface area contributed by atoms with E-state index in [1.807, 2.05) is 18.2 Å². The van der Waals surface area contributed by atoms with Gasteiger partial charge in [-0.15, -0.1) is 0 Å². The second-order valence-electron chi connectivity index (χ2n) is 5.14. The van der Waals surface area contributed by atoms with Gasteiger partial charge in [0.1, 0.15) is 11.5 Å². The van der Waals surface area contributed by atoms with Gasteiger partial charge in [-0.2, -0.15) is 5.10 Å². The maximum atomic E-state index is 11.3. The Morgan fingerprint density at radius 2 is 2.05 bits per heavy atom. The van der Waals surface area contributed by atoms with E-state index in [9.17, 15) is 4.79 Å². The number of hydrogen-bond acceptors (Lipinski definition) is 3. The summed E-state index contributed by atoms with van der Waals surface area (Å²) in [4.78, 5) is 11.3. The molecule has 1 heterocycles. The molecule has 2 aromatic rings. The molecule has 0 atom stereocenters. The van der Waals surface area contributed by atoms with Crippen LogP contribution in [0.2, 0.25) is 0 Å². The van der Waals surface area contributed by atoms with Crippen molar-refractivity contribution in [2.45, 2.75) is 40.2 Å². The fourth-order valence-electron chi connectivity index (χ4n) is 2.19. The summed E-state index contributed by atoms with van der Waals surface area (Å²) in [6.07, 6.45) is 2.86. The molecule has 0 bridgehead atoms. The number of unbranched alkanes of at least 4 members (excludes halogenated alkanes) is 1. The second-order valence-corrected chi connectivity index (χ2v) is 5.14. The van der Waals surface area contributed by atoms with Gasteiger partial charge in [0.15, 0.2) is 6.29 Å². The fraction of sp³-hybridized carbons (Fsp3) is 0.375. The van der Waals surface area contributed by atoms with Crippen molar-refractivity contribution < 1.29 is 4.79 Å². The molecule has 4 heteroatoms. The van der Waals surface area contributed by atoms with Gasteiger partial charge in [0.25, 0.3) is 0 Å². The molecule has 20 heavy (non-hydrogen) atoms. The Hall–Kier alpha value is -2.10. The van der Waals surface area contributed by atoms with E-state index in [1.54, 1.807) is 4.68 Å². The van der Waals surface area contributed by atoms with Gasteiger partial charge in [-0.25, -0.2) is 4.68 Å². The number of aromatic nitrogens is 2. The molecule has 0 radical (unpaired) electrons. The standard InChI is InChI=1S/C16H21N3O/c1-4-5-8-19-16(17)14(10-20)15(18-19)13-7-6-11(2)12(3)9-13/h6-7,9-10H,4-5,8,17H2,1-3H3. The minimum absolute atomic E-state index is 0.460. The molecular weight excluding hydrogens is 250 g/mol. The summed E-state index contributed by atoms with van der Waals surface area (Å²) in [5.74, 6) is 0.460. The largest absolute Gasteiger partial charge is 0.383 e. The molecule has 0 unspecified atom stereocenters. The van der Waals surface area contributed by atoms with Gasteiger partial charge in [-0.05, 0) is 37.5 Å². The summed E-state index contributed by atoms with van der Waals surface area (Å²) >= 11 is 0. The van der Waals surface area contributed by atoms with Gasteiger partial charge >= 0.3 is 0 Å². The normalized spacial score (nSPS) is 10.8. The Labute approximate surface area is 119 Å². The number of hydrogen-bond donors (Lipinski definition) is 1. The Kier molecular flexibility index (Phi) is 4.23. The van der Waals surface area contributed by atoms with E-state index in [1.165, 1.54) is 11.1 Å². The molecule has 2 N–H and O–H groups in total. The molecule has 0 amide bonds. The van der Waals surface area contributed by atoms with E-state index < -0.39 is 0 Å². The molecule has 0 fully saturated rings. The summed E-state index contributed by atoms with van der Waals surface area (Å²) in [5.41, 5.74) is 10.5. The van der Waals surface area contributed by atoms with Crippen molar-refractivity contribution in [3.05, 3.63) is 34.9 Å². The Balaban J connectivity index is 2.49. The quantitative estimate of drug-likeness (QED) is 0.848. The van der Waals surface area contributed by atoms with Crippen LogP contribution in [-0.4, -0.2) is 16.1 Å². The molecular formula is C16H21N3O. The van der Waals surface area contributed by atoms with Crippen molar-refractivity contribution in [2.24, 2.45) is 0 Å². The van der Waals surface area contributed by atoms with Crippen LogP contribution in [0.3, 0.4) is 0 Å². The average Bonchev–Trinajstić information content (AvgIpc) is 2.76. The molecule has 0 saturated carbocycles. The van der Waals surface area contributed by atoms with Crippen LogP contribution in [0.15, 0.2) is 18.2 Å². The summed E-state index contributed by atoms with van der Waals surface area (Å²) in [7, 11) is 0. The number of nitrogens with zero attached hydrogens (tertiary/aromatic N) is 2. The zero-order valence-corrected chi connectivity index (χ0v) is 12.3. The van der Waals surface area contributed by atoms with Gasteiger partial charge in [0, 0.05) is 12.1 Å². The Morgan fingerprint density at radius 1 is 1.30 bits per heavy atom. The van der Waals surface area contributed by atoms with Crippen LogP contribution in [0.25, 0.3) is 11.3 Å². The predicted octanol–water partition coefficient (Wildman–Crippen LogP) is 3.36. The lowest BCUT2D eigenvalue weighted by molar-refractivity contribution is 0.112. The molecule has 1 aromatic carbocycles. The predicted molar refractivity (Wildman–Crippen MR) is 81.8 cm³/mol. The molecule has 4 nitrogen and oxygen atoms in total. The highest BCUT2D eigenvalue weighted by atomic mass is 16.1. The summed E-state index contributed by atoms with van der Waals surface area (Å²) in [6.45, 7) is 6.98. The van der Waals surface area contributed by atoms with Gasteiger partial charge < -0.3 is 5.73 Å². The number of anilines is 1. The topological polar surface area (TPSA) is 60.9 Å². The third-order valence-corrected chi connectivity index (χ3v) is 3.65. The van der Waals surface area contributed by atoms with Crippen molar-refractivity contribution in [3.8, 4) is 11.3 Å². The van der Waals surface area contributed by atoms with Gasteiger partial charge in [-0.1, -0.05) is 25.5 Å². The molecule has 0 aliphatic carbocycles. The van der Waals surface area contributed by atoms with E-state index in [0.717, 1.165) is 31.2 Å². The summed E-state index contributed by atoms with van der Waals surface area (Å²) in [5, 5.41) is 4.52. The number of benzene rings is 1. The van der Waals surface area contributed by atoms with E-state index in [-0.39, 0.29) is 0 Å². The van der Waals surface area contributed by atoms with Crippen LogP contribution in [0.1, 0.15) is 41.3 Å². The molecule has 0 saturated heterocycles. The molecule has 0 aliphatic heterocycles. The van der Waals surface area contributed by atoms with Crippen molar-refractivity contribution in [1.29, 1.82) is 0 Å². The number of rotatable bonds is 5. The summed E-state index contributed by atoms with van der Waals surface area (Å²) in [6, 6.07) is 6.08. The first kappa shape index (κ1) is 14.3. The number of carbonyl (C=O) groups excluding carboxylic acids is 1.